The molecular formula is C23H33N5O3S. The number of carbonyl (C=O) groups is 1. The Morgan fingerprint density at radius 2 is 1.69 bits per heavy atom. The number of hydrogen-bond donors (Lipinski definition) is 2. The summed E-state index contributed by atoms with van der Waals surface area (Å²) in [6.07, 6.45) is 6.68. The van der Waals surface area contributed by atoms with E-state index >= 15 is 0 Å². The second-order valence-corrected chi connectivity index (χ2v) is 10.2. The lowest BCUT2D eigenvalue weighted by Crippen LogP contribution is -2.52. The molecule has 1 amide bonds. The molecule has 1 aromatic carbocycles. The number of sulfonamides is 1. The predicted molar refractivity (Wildman–Crippen MR) is 126 cm³/mol. The predicted octanol–water partition coefficient (Wildman–Crippen LogP) is 1.10. The van der Waals surface area contributed by atoms with Gasteiger partial charge in [0.05, 0.1) is 4.90 Å². The van der Waals surface area contributed by atoms with Gasteiger partial charge >= 0.3 is 0 Å². The Kier molecular flexibility index (Phi) is 8.11. The Balaban J connectivity index is 1.50. The van der Waals surface area contributed by atoms with Gasteiger partial charge in [-0.2, -0.15) is 4.31 Å². The third kappa shape index (κ3) is 5.99. The van der Waals surface area contributed by atoms with Gasteiger partial charge in [-0.15, -0.1) is 0 Å². The summed E-state index contributed by atoms with van der Waals surface area (Å²) in [5.41, 5.74) is 12.7. The van der Waals surface area contributed by atoms with E-state index in [0.29, 0.717) is 43.3 Å². The van der Waals surface area contributed by atoms with Crippen LogP contribution in [0, 0.1) is 5.92 Å². The number of piperidine rings is 1. The molecule has 0 atom stereocenters. The first kappa shape index (κ1) is 24.0. The summed E-state index contributed by atoms with van der Waals surface area (Å²) in [4.78, 5) is 17.4. The SMILES string of the molecule is C=C(N)/C=C(\C=C/N)CN1CCC(C(=O)N2CCN(S(=O)(=O)c3ccccc3)CC2)CC1. The molecule has 2 aliphatic heterocycles. The van der Waals surface area contributed by atoms with Crippen molar-refractivity contribution < 1.29 is 13.2 Å². The molecule has 2 saturated heterocycles. The lowest BCUT2D eigenvalue weighted by molar-refractivity contribution is -0.138. The van der Waals surface area contributed by atoms with Gasteiger partial charge in [0.2, 0.25) is 15.9 Å². The van der Waals surface area contributed by atoms with E-state index in [0.717, 1.165) is 31.5 Å². The number of nitrogens with zero attached hydrogens (tertiary/aromatic N) is 3. The van der Waals surface area contributed by atoms with E-state index < -0.39 is 10.0 Å². The molecule has 0 saturated carbocycles. The number of allylic oxidation sites excluding steroid dienone is 1. The molecule has 0 aromatic heterocycles. The second-order valence-electron chi connectivity index (χ2n) is 8.25. The van der Waals surface area contributed by atoms with Crippen molar-refractivity contribution in [3.63, 3.8) is 0 Å². The molecule has 0 aliphatic carbocycles. The van der Waals surface area contributed by atoms with Crippen LogP contribution in [0.25, 0.3) is 0 Å². The van der Waals surface area contributed by atoms with Crippen LogP contribution in [-0.4, -0.2) is 74.2 Å². The molecule has 2 fully saturated rings. The van der Waals surface area contributed by atoms with Crippen molar-refractivity contribution in [3.05, 3.63) is 66.5 Å². The van der Waals surface area contributed by atoms with Gasteiger partial charge in [-0.25, -0.2) is 8.42 Å². The molecule has 1 aromatic rings. The van der Waals surface area contributed by atoms with E-state index in [1.807, 2.05) is 17.1 Å². The number of hydrogen-bond acceptors (Lipinski definition) is 6. The van der Waals surface area contributed by atoms with Crippen molar-refractivity contribution in [2.75, 3.05) is 45.8 Å². The van der Waals surface area contributed by atoms with Crippen LogP contribution >= 0.6 is 0 Å². The maximum absolute atomic E-state index is 13.0. The molecule has 0 radical (unpaired) electrons. The van der Waals surface area contributed by atoms with Crippen LogP contribution < -0.4 is 11.5 Å². The van der Waals surface area contributed by atoms with E-state index in [9.17, 15) is 13.2 Å². The van der Waals surface area contributed by atoms with Crippen LogP contribution in [0.4, 0.5) is 0 Å². The molecule has 174 valence electrons. The van der Waals surface area contributed by atoms with Crippen molar-refractivity contribution in [3.8, 4) is 0 Å². The molecule has 2 aliphatic rings. The average Bonchev–Trinajstić information content (AvgIpc) is 2.79. The van der Waals surface area contributed by atoms with E-state index in [1.54, 1.807) is 30.3 Å². The quantitative estimate of drug-likeness (QED) is 0.591. The summed E-state index contributed by atoms with van der Waals surface area (Å²) in [7, 11) is -3.51. The van der Waals surface area contributed by atoms with Crippen molar-refractivity contribution in [2.45, 2.75) is 17.7 Å². The van der Waals surface area contributed by atoms with E-state index in [1.165, 1.54) is 10.5 Å². The van der Waals surface area contributed by atoms with Crippen molar-refractivity contribution in [1.29, 1.82) is 0 Å². The molecule has 8 nitrogen and oxygen atoms in total. The van der Waals surface area contributed by atoms with Crippen LogP contribution in [0.3, 0.4) is 0 Å². The van der Waals surface area contributed by atoms with E-state index in [-0.39, 0.29) is 11.8 Å². The monoisotopic (exact) mass is 459 g/mol. The summed E-state index contributed by atoms with van der Waals surface area (Å²) in [5.74, 6) is 0.111. The molecule has 32 heavy (non-hydrogen) atoms. The number of carbonyl (C=O) groups excluding carboxylic acids is 1. The van der Waals surface area contributed by atoms with Gasteiger partial charge in [0.15, 0.2) is 0 Å². The summed E-state index contributed by atoms with van der Waals surface area (Å²) < 4.78 is 27.1. The number of amides is 1. The zero-order chi connectivity index (χ0) is 23.1. The van der Waals surface area contributed by atoms with Crippen molar-refractivity contribution in [1.82, 2.24) is 14.1 Å². The highest BCUT2D eigenvalue weighted by Crippen LogP contribution is 2.23. The van der Waals surface area contributed by atoms with Gasteiger partial charge in [0.25, 0.3) is 0 Å². The highest BCUT2D eigenvalue weighted by molar-refractivity contribution is 7.89. The molecule has 2 heterocycles. The van der Waals surface area contributed by atoms with Gasteiger partial charge in [-0.1, -0.05) is 24.8 Å². The number of piperazine rings is 1. The van der Waals surface area contributed by atoms with Crippen LogP contribution in [0.5, 0.6) is 0 Å². The van der Waals surface area contributed by atoms with Crippen LogP contribution in [0.2, 0.25) is 0 Å². The normalized spacial score (nSPS) is 20.0. The summed E-state index contributed by atoms with van der Waals surface area (Å²) in [5, 5.41) is 0. The molecule has 0 unspecified atom stereocenters. The second kappa shape index (κ2) is 10.8. The van der Waals surface area contributed by atoms with Gasteiger partial charge in [-0.3, -0.25) is 9.69 Å². The fourth-order valence-corrected chi connectivity index (χ4v) is 5.70. The topological polar surface area (TPSA) is 113 Å². The Bertz CT molecular complexity index is 959. The third-order valence-corrected chi connectivity index (χ3v) is 7.87. The number of nitrogens with two attached hydrogens (primary N) is 2. The smallest absolute Gasteiger partial charge is 0.243 e. The molecule has 3 rings (SSSR count). The van der Waals surface area contributed by atoms with Gasteiger partial charge in [0.1, 0.15) is 0 Å². The first-order chi connectivity index (χ1) is 15.3. The lowest BCUT2D eigenvalue weighted by Gasteiger charge is -2.38. The Morgan fingerprint density at radius 3 is 2.25 bits per heavy atom. The zero-order valence-electron chi connectivity index (χ0n) is 18.4. The first-order valence-corrected chi connectivity index (χ1v) is 12.3. The highest BCUT2D eigenvalue weighted by Gasteiger charge is 2.33. The average molecular weight is 460 g/mol. The van der Waals surface area contributed by atoms with E-state index in [2.05, 4.69) is 11.5 Å². The molecule has 9 heteroatoms. The Morgan fingerprint density at radius 1 is 1.06 bits per heavy atom. The van der Waals surface area contributed by atoms with Gasteiger partial charge < -0.3 is 16.4 Å². The van der Waals surface area contributed by atoms with Crippen molar-refractivity contribution in [2.24, 2.45) is 17.4 Å². The number of rotatable bonds is 7. The standard InChI is InChI=1S/C23H33N5O3S/c1-19(25)17-20(7-10-24)18-26-11-8-21(9-12-26)23(29)27-13-15-28(16-14-27)32(30,31)22-5-3-2-4-6-22/h2-7,10,17,21H,1,8-9,11-16,18,24-25H2/b10-7-,20-17+. The fraction of sp³-hybridized carbons (Fsp3) is 0.435. The number of likely N-dealkylation sites (tertiary alicyclic amines) is 1. The maximum Gasteiger partial charge on any atom is 0.243 e. The van der Waals surface area contributed by atoms with Crippen LogP contribution in [0.1, 0.15) is 12.8 Å². The third-order valence-electron chi connectivity index (χ3n) is 5.96. The minimum Gasteiger partial charge on any atom is -0.405 e. The lowest BCUT2D eigenvalue weighted by atomic mass is 9.94. The largest absolute Gasteiger partial charge is 0.405 e. The fourth-order valence-electron chi connectivity index (χ4n) is 4.25. The molecule has 0 bridgehead atoms. The molecule has 4 N–H and O–H groups in total. The summed E-state index contributed by atoms with van der Waals surface area (Å²) in [6.45, 7) is 7.55. The minimum absolute atomic E-state index is 0.0227. The van der Waals surface area contributed by atoms with Crippen LogP contribution in [0.15, 0.2) is 71.4 Å². The molecular weight excluding hydrogens is 426 g/mol. The van der Waals surface area contributed by atoms with E-state index in [4.69, 9.17) is 11.5 Å². The summed E-state index contributed by atoms with van der Waals surface area (Å²) >= 11 is 0. The Labute approximate surface area is 190 Å². The maximum atomic E-state index is 13.0. The van der Waals surface area contributed by atoms with Crippen molar-refractivity contribution >= 4 is 15.9 Å². The number of benzene rings is 1. The molecule has 0 spiro atoms. The highest BCUT2D eigenvalue weighted by atomic mass is 32.2. The summed E-state index contributed by atoms with van der Waals surface area (Å²) in [6, 6.07) is 8.44. The van der Waals surface area contributed by atoms with Gasteiger partial charge in [-0.05, 0) is 62.0 Å². The minimum atomic E-state index is -3.51. The zero-order valence-corrected chi connectivity index (χ0v) is 19.2. The Hall–Kier alpha value is -2.62. The van der Waals surface area contributed by atoms with Crippen LogP contribution in [-0.2, 0) is 14.8 Å². The van der Waals surface area contributed by atoms with Gasteiger partial charge in [0, 0.05) is 44.3 Å². The first-order valence-electron chi connectivity index (χ1n) is 10.9.